The second kappa shape index (κ2) is 10.9. The first kappa shape index (κ1) is 26.1. The number of benzene rings is 2. The number of amides is 1. The highest BCUT2D eigenvalue weighted by Gasteiger charge is 2.34. The van der Waals surface area contributed by atoms with Crippen LogP contribution in [0.4, 0.5) is 11.5 Å². The molecule has 214 valence electrons. The fourth-order valence-corrected chi connectivity index (χ4v) is 6.66. The topological polar surface area (TPSA) is 85.3 Å². The molecule has 2 saturated heterocycles. The van der Waals surface area contributed by atoms with E-state index in [2.05, 4.69) is 27.3 Å². The molecule has 41 heavy (non-hydrogen) atoms. The highest BCUT2D eigenvalue weighted by molar-refractivity contribution is 5.95. The molecule has 0 atom stereocenters. The summed E-state index contributed by atoms with van der Waals surface area (Å²) in [5.41, 5.74) is 3.15. The zero-order valence-corrected chi connectivity index (χ0v) is 23.5. The number of likely N-dealkylation sites (tertiary alicyclic amines) is 1. The molecule has 3 fully saturated rings. The lowest BCUT2D eigenvalue weighted by atomic mass is 10.0. The van der Waals surface area contributed by atoms with Crippen LogP contribution in [0.15, 0.2) is 49.1 Å². The van der Waals surface area contributed by atoms with E-state index in [0.717, 1.165) is 78.5 Å². The molecule has 7 rings (SSSR count). The number of hydrogen-bond donors (Lipinski definition) is 1. The summed E-state index contributed by atoms with van der Waals surface area (Å²) in [5.74, 6) is 1.18. The Hall–Kier alpha value is -3.85. The third-order valence-electron chi connectivity index (χ3n) is 9.07. The number of phenolic OH excluding ortho intramolecular Hbond substituents is 1. The number of fused-ring (bicyclic) bond motifs is 2. The number of carbonyl (C=O) groups excluding carboxylic acids is 1. The van der Waals surface area contributed by atoms with Crippen molar-refractivity contribution in [2.75, 3.05) is 55.6 Å². The van der Waals surface area contributed by atoms with Crippen molar-refractivity contribution in [1.82, 2.24) is 19.8 Å². The Morgan fingerprint density at radius 2 is 1.73 bits per heavy atom. The van der Waals surface area contributed by atoms with Crippen molar-refractivity contribution >= 4 is 28.2 Å². The molecule has 4 heterocycles. The molecule has 2 aromatic carbocycles. The lowest BCUT2D eigenvalue weighted by Gasteiger charge is -2.38. The number of aromatic nitrogens is 2. The van der Waals surface area contributed by atoms with E-state index in [1.165, 1.54) is 18.9 Å². The SMILES string of the molecule is C=CC(=O)N1CCN(c2nc(OC3CCN(C4CC4)CC3)nc3c2CCN(c2cc(O)cc4ccccc24)C3)CC1. The molecular formula is C32H38N6O3. The van der Waals surface area contributed by atoms with E-state index in [9.17, 15) is 9.90 Å². The Morgan fingerprint density at radius 3 is 2.49 bits per heavy atom. The number of phenols is 1. The van der Waals surface area contributed by atoms with E-state index in [1.807, 2.05) is 35.2 Å². The second-order valence-electron chi connectivity index (χ2n) is 11.7. The molecule has 9 heteroatoms. The van der Waals surface area contributed by atoms with Crippen molar-refractivity contribution in [3.05, 3.63) is 60.3 Å². The molecule has 3 aromatic rings. The second-order valence-corrected chi connectivity index (χ2v) is 11.7. The predicted octanol–water partition coefficient (Wildman–Crippen LogP) is 3.74. The Bertz CT molecular complexity index is 1460. The van der Waals surface area contributed by atoms with Gasteiger partial charge in [-0.2, -0.15) is 9.97 Å². The molecular weight excluding hydrogens is 516 g/mol. The van der Waals surface area contributed by atoms with E-state index in [4.69, 9.17) is 14.7 Å². The number of carbonyl (C=O) groups is 1. The zero-order chi connectivity index (χ0) is 27.9. The van der Waals surface area contributed by atoms with Gasteiger partial charge in [0, 0.05) is 74.6 Å². The molecule has 3 aliphatic heterocycles. The molecule has 1 N–H and O–H groups in total. The van der Waals surface area contributed by atoms with Gasteiger partial charge in [0.15, 0.2) is 0 Å². The highest BCUT2D eigenvalue weighted by atomic mass is 16.5. The van der Waals surface area contributed by atoms with Crippen molar-refractivity contribution in [1.29, 1.82) is 0 Å². The maximum atomic E-state index is 12.2. The average molecular weight is 555 g/mol. The van der Waals surface area contributed by atoms with E-state index < -0.39 is 0 Å². The molecule has 1 aromatic heterocycles. The normalized spacial score (nSPS) is 20.2. The first-order valence-electron chi connectivity index (χ1n) is 15.0. The lowest BCUT2D eigenvalue weighted by molar-refractivity contribution is -0.126. The van der Waals surface area contributed by atoms with E-state index in [1.54, 1.807) is 0 Å². The number of piperidine rings is 1. The Kier molecular flexibility index (Phi) is 6.90. The Balaban J connectivity index is 1.18. The fraction of sp³-hybridized carbons (Fsp3) is 0.469. The van der Waals surface area contributed by atoms with Gasteiger partial charge in [0.05, 0.1) is 12.2 Å². The van der Waals surface area contributed by atoms with Gasteiger partial charge in [-0.25, -0.2) is 0 Å². The van der Waals surface area contributed by atoms with Crippen LogP contribution >= 0.6 is 0 Å². The summed E-state index contributed by atoms with van der Waals surface area (Å²) in [4.78, 5) is 31.3. The quantitative estimate of drug-likeness (QED) is 0.462. The van der Waals surface area contributed by atoms with E-state index >= 15 is 0 Å². The summed E-state index contributed by atoms with van der Waals surface area (Å²) in [6, 6.07) is 13.1. The fourth-order valence-electron chi connectivity index (χ4n) is 6.66. The largest absolute Gasteiger partial charge is 0.508 e. The van der Waals surface area contributed by atoms with Crippen LogP contribution in [-0.2, 0) is 17.8 Å². The molecule has 0 radical (unpaired) electrons. The van der Waals surface area contributed by atoms with Crippen LogP contribution in [0.1, 0.15) is 36.9 Å². The Morgan fingerprint density at radius 1 is 0.951 bits per heavy atom. The average Bonchev–Trinajstić information content (AvgIpc) is 3.86. The summed E-state index contributed by atoms with van der Waals surface area (Å²) < 4.78 is 6.50. The van der Waals surface area contributed by atoms with E-state index in [0.29, 0.717) is 38.7 Å². The van der Waals surface area contributed by atoms with Crippen molar-refractivity contribution < 1.29 is 14.6 Å². The van der Waals surface area contributed by atoms with Crippen molar-refractivity contribution in [2.45, 2.75) is 50.8 Å². The molecule has 0 unspecified atom stereocenters. The zero-order valence-electron chi connectivity index (χ0n) is 23.5. The number of rotatable bonds is 6. The number of hydrogen-bond acceptors (Lipinski definition) is 8. The van der Waals surface area contributed by atoms with Gasteiger partial charge < -0.3 is 29.4 Å². The molecule has 0 bridgehead atoms. The first-order chi connectivity index (χ1) is 20.1. The van der Waals surface area contributed by atoms with Crippen LogP contribution in [-0.4, -0.2) is 88.7 Å². The molecule has 1 aliphatic carbocycles. The molecule has 1 amide bonds. The molecule has 0 spiro atoms. The maximum absolute atomic E-state index is 12.2. The number of piperazine rings is 1. The summed E-state index contributed by atoms with van der Waals surface area (Å²) >= 11 is 0. The monoisotopic (exact) mass is 554 g/mol. The number of aromatic hydroxyl groups is 1. The number of ether oxygens (including phenoxy) is 1. The standard InChI is InChI=1S/C32H38N6O3/c1-2-30(40)36-15-17-37(18-16-36)31-27-11-14-38(29-20-24(39)19-22-5-3-4-6-26(22)29)21-28(27)33-32(34-31)41-25-9-12-35(13-10-25)23-7-8-23/h2-6,19-20,23,25,39H,1,7-18,21H2. The van der Waals surface area contributed by atoms with Gasteiger partial charge in [-0.3, -0.25) is 4.79 Å². The van der Waals surface area contributed by atoms with E-state index in [-0.39, 0.29) is 17.8 Å². The highest BCUT2D eigenvalue weighted by Crippen LogP contribution is 2.37. The Labute approximate surface area is 241 Å². The third-order valence-corrected chi connectivity index (χ3v) is 9.07. The predicted molar refractivity (Wildman–Crippen MR) is 160 cm³/mol. The van der Waals surface area contributed by atoms with Crippen LogP contribution in [0.5, 0.6) is 11.8 Å². The van der Waals surface area contributed by atoms with Crippen molar-refractivity contribution in [3.8, 4) is 11.8 Å². The van der Waals surface area contributed by atoms with Crippen LogP contribution < -0.4 is 14.5 Å². The first-order valence-corrected chi connectivity index (χ1v) is 15.0. The van der Waals surface area contributed by atoms with Crippen LogP contribution in [0.25, 0.3) is 10.8 Å². The summed E-state index contributed by atoms with van der Waals surface area (Å²) in [6.07, 6.45) is 6.96. The van der Waals surface area contributed by atoms with Crippen LogP contribution in [0.2, 0.25) is 0 Å². The summed E-state index contributed by atoms with van der Waals surface area (Å²) in [6.45, 7) is 9.91. The minimum absolute atomic E-state index is 0.0232. The summed E-state index contributed by atoms with van der Waals surface area (Å²) in [5, 5.41) is 12.6. The van der Waals surface area contributed by atoms with Gasteiger partial charge in [-0.1, -0.05) is 30.8 Å². The van der Waals surface area contributed by atoms with Gasteiger partial charge in [-0.15, -0.1) is 0 Å². The summed E-state index contributed by atoms with van der Waals surface area (Å²) in [7, 11) is 0. The van der Waals surface area contributed by atoms with Gasteiger partial charge in [0.1, 0.15) is 17.7 Å². The smallest absolute Gasteiger partial charge is 0.318 e. The van der Waals surface area contributed by atoms with Gasteiger partial charge in [0.2, 0.25) is 5.91 Å². The minimum Gasteiger partial charge on any atom is -0.508 e. The molecule has 9 nitrogen and oxygen atoms in total. The van der Waals surface area contributed by atoms with Crippen LogP contribution in [0.3, 0.4) is 0 Å². The molecule has 4 aliphatic rings. The minimum atomic E-state index is -0.0232. The molecule has 1 saturated carbocycles. The van der Waals surface area contributed by atoms with Gasteiger partial charge in [-0.05, 0) is 49.6 Å². The van der Waals surface area contributed by atoms with Crippen molar-refractivity contribution in [2.24, 2.45) is 0 Å². The lowest BCUT2D eigenvalue weighted by Crippen LogP contribution is -2.49. The number of nitrogens with zero attached hydrogens (tertiary/aromatic N) is 6. The maximum Gasteiger partial charge on any atom is 0.318 e. The van der Waals surface area contributed by atoms with Crippen LogP contribution in [0, 0.1) is 0 Å². The third kappa shape index (κ3) is 5.30. The van der Waals surface area contributed by atoms with Gasteiger partial charge >= 0.3 is 6.01 Å². The van der Waals surface area contributed by atoms with Gasteiger partial charge in [0.25, 0.3) is 0 Å². The van der Waals surface area contributed by atoms with Crippen molar-refractivity contribution in [3.63, 3.8) is 0 Å². The number of anilines is 2.